The molecule has 0 bridgehead atoms. The van der Waals surface area contributed by atoms with Gasteiger partial charge in [0.25, 0.3) is 0 Å². The minimum Gasteiger partial charge on any atom is -0.493 e. The molecule has 0 spiro atoms. The van der Waals surface area contributed by atoms with Crippen molar-refractivity contribution in [3.8, 4) is 5.75 Å². The maximum absolute atomic E-state index is 13.2. The molecule has 1 aromatic carbocycles. The average molecular weight is 296 g/mol. The summed E-state index contributed by atoms with van der Waals surface area (Å²) in [6, 6.07) is 4.29. The third kappa shape index (κ3) is 7.47. The van der Waals surface area contributed by atoms with Gasteiger partial charge in [-0.25, -0.2) is 4.39 Å². The molecule has 0 radical (unpaired) electrons. The van der Waals surface area contributed by atoms with Crippen molar-refractivity contribution in [1.82, 2.24) is 0 Å². The van der Waals surface area contributed by atoms with Gasteiger partial charge in [0.05, 0.1) is 12.7 Å². The van der Waals surface area contributed by atoms with Crippen LogP contribution in [0.4, 0.5) is 4.39 Å². The lowest BCUT2D eigenvalue weighted by Gasteiger charge is -2.13. The quantitative estimate of drug-likeness (QED) is 0.554. The number of aliphatic hydroxyl groups is 1. The van der Waals surface area contributed by atoms with E-state index in [9.17, 15) is 9.50 Å². The van der Waals surface area contributed by atoms with Crippen LogP contribution >= 0.6 is 0 Å². The van der Waals surface area contributed by atoms with Gasteiger partial charge in [-0.15, -0.1) is 0 Å². The Bertz CT molecular complexity index is 391. The molecule has 0 aliphatic heterocycles. The highest BCUT2D eigenvalue weighted by Gasteiger charge is 2.10. The van der Waals surface area contributed by atoms with Gasteiger partial charge in [-0.1, -0.05) is 51.9 Å². The Morgan fingerprint density at radius 2 is 1.67 bits per heavy atom. The molecule has 0 fully saturated rings. The zero-order valence-electron chi connectivity index (χ0n) is 13.4. The molecule has 1 atom stereocenters. The fourth-order valence-electron chi connectivity index (χ4n) is 2.40. The van der Waals surface area contributed by atoms with Crippen LogP contribution in [0.5, 0.6) is 5.75 Å². The van der Waals surface area contributed by atoms with Crippen LogP contribution in [0.2, 0.25) is 0 Å². The minimum atomic E-state index is -0.640. The molecular formula is C18H29FO2. The molecule has 1 rings (SSSR count). The number of halogens is 1. The third-order valence-electron chi connectivity index (χ3n) is 3.68. The van der Waals surface area contributed by atoms with E-state index in [-0.39, 0.29) is 5.82 Å². The van der Waals surface area contributed by atoms with Crippen LogP contribution in [0.1, 0.15) is 76.9 Å². The summed E-state index contributed by atoms with van der Waals surface area (Å²) < 4.78 is 18.9. The van der Waals surface area contributed by atoms with E-state index in [1.807, 2.05) is 0 Å². The van der Waals surface area contributed by atoms with Crippen LogP contribution in [-0.4, -0.2) is 11.7 Å². The number of hydrogen-bond donors (Lipinski definition) is 1. The fraction of sp³-hybridized carbons (Fsp3) is 0.667. The van der Waals surface area contributed by atoms with Gasteiger partial charge in [0, 0.05) is 11.6 Å². The van der Waals surface area contributed by atoms with Crippen molar-refractivity contribution in [2.24, 2.45) is 0 Å². The summed E-state index contributed by atoms with van der Waals surface area (Å²) in [6.07, 6.45) is 9.29. The topological polar surface area (TPSA) is 29.5 Å². The van der Waals surface area contributed by atoms with Gasteiger partial charge in [-0.3, -0.25) is 0 Å². The highest BCUT2D eigenvalue weighted by atomic mass is 19.1. The minimum absolute atomic E-state index is 0.328. The van der Waals surface area contributed by atoms with Gasteiger partial charge in [0.15, 0.2) is 0 Å². The van der Waals surface area contributed by atoms with Crippen molar-refractivity contribution in [1.29, 1.82) is 0 Å². The van der Waals surface area contributed by atoms with E-state index in [0.717, 1.165) is 12.8 Å². The lowest BCUT2D eigenvalue weighted by Crippen LogP contribution is -2.03. The largest absolute Gasteiger partial charge is 0.493 e. The highest BCUT2D eigenvalue weighted by Crippen LogP contribution is 2.26. The van der Waals surface area contributed by atoms with Gasteiger partial charge >= 0.3 is 0 Å². The van der Waals surface area contributed by atoms with Crippen molar-refractivity contribution in [3.05, 3.63) is 29.6 Å². The molecule has 120 valence electrons. The van der Waals surface area contributed by atoms with Gasteiger partial charge in [0.2, 0.25) is 0 Å². The number of unbranched alkanes of at least 4 members (excludes halogenated alkanes) is 7. The first-order valence-electron chi connectivity index (χ1n) is 8.25. The van der Waals surface area contributed by atoms with E-state index in [0.29, 0.717) is 17.9 Å². The maximum atomic E-state index is 13.2. The Kier molecular flexibility index (Phi) is 9.07. The molecule has 0 saturated carbocycles. The smallest absolute Gasteiger partial charge is 0.127 e. The normalized spacial score (nSPS) is 12.4. The number of ether oxygens (including phenoxy) is 1. The van der Waals surface area contributed by atoms with E-state index in [2.05, 4.69) is 6.92 Å². The molecule has 3 heteroatoms. The standard InChI is InChI=1S/C18H29FO2/c1-3-4-5-6-7-8-9-10-13-21-18-14-16(19)11-12-17(18)15(2)20/h11-12,14-15,20H,3-10,13H2,1-2H3/t15-/m1/s1. The zero-order chi connectivity index (χ0) is 15.5. The molecule has 0 saturated heterocycles. The van der Waals surface area contributed by atoms with E-state index in [1.165, 1.54) is 50.7 Å². The summed E-state index contributed by atoms with van der Waals surface area (Å²) in [6.45, 7) is 4.47. The lowest BCUT2D eigenvalue weighted by atomic mass is 10.1. The maximum Gasteiger partial charge on any atom is 0.127 e. The summed E-state index contributed by atoms with van der Waals surface area (Å²) in [7, 11) is 0. The molecule has 0 aromatic heterocycles. The van der Waals surface area contributed by atoms with Gasteiger partial charge in [-0.05, 0) is 25.5 Å². The Hall–Kier alpha value is -1.09. The Morgan fingerprint density at radius 1 is 1.05 bits per heavy atom. The van der Waals surface area contributed by atoms with Crippen molar-refractivity contribution < 1.29 is 14.2 Å². The average Bonchev–Trinajstić information content (AvgIpc) is 2.45. The van der Waals surface area contributed by atoms with Crippen molar-refractivity contribution >= 4 is 0 Å². The van der Waals surface area contributed by atoms with Crippen molar-refractivity contribution in [3.63, 3.8) is 0 Å². The second-order valence-corrected chi connectivity index (χ2v) is 5.68. The van der Waals surface area contributed by atoms with Crippen molar-refractivity contribution in [2.75, 3.05) is 6.61 Å². The van der Waals surface area contributed by atoms with Crippen LogP contribution in [0.25, 0.3) is 0 Å². The molecule has 0 amide bonds. The summed E-state index contributed by atoms with van der Waals surface area (Å²) in [5, 5.41) is 9.64. The third-order valence-corrected chi connectivity index (χ3v) is 3.68. The lowest BCUT2D eigenvalue weighted by molar-refractivity contribution is 0.190. The van der Waals surface area contributed by atoms with E-state index in [4.69, 9.17) is 4.74 Å². The van der Waals surface area contributed by atoms with E-state index < -0.39 is 6.10 Å². The van der Waals surface area contributed by atoms with Crippen molar-refractivity contribution in [2.45, 2.75) is 71.3 Å². The summed E-state index contributed by atoms with van der Waals surface area (Å²) in [4.78, 5) is 0. The molecule has 2 nitrogen and oxygen atoms in total. The SMILES string of the molecule is CCCCCCCCCCOc1cc(F)ccc1[C@@H](C)O. The second-order valence-electron chi connectivity index (χ2n) is 5.68. The van der Waals surface area contributed by atoms with E-state index >= 15 is 0 Å². The highest BCUT2D eigenvalue weighted by molar-refractivity contribution is 5.35. The predicted molar refractivity (Wildman–Crippen MR) is 85.1 cm³/mol. The fourth-order valence-corrected chi connectivity index (χ4v) is 2.40. The molecule has 1 aromatic rings. The number of rotatable bonds is 11. The molecular weight excluding hydrogens is 267 g/mol. The van der Waals surface area contributed by atoms with Crippen LogP contribution in [0.3, 0.4) is 0 Å². The molecule has 0 aliphatic rings. The Labute approximate surface area is 128 Å². The molecule has 0 unspecified atom stereocenters. The molecule has 0 aliphatic carbocycles. The van der Waals surface area contributed by atoms with Crippen LogP contribution in [0.15, 0.2) is 18.2 Å². The van der Waals surface area contributed by atoms with Gasteiger partial charge in [0.1, 0.15) is 11.6 Å². The summed E-state index contributed by atoms with van der Waals surface area (Å²) >= 11 is 0. The van der Waals surface area contributed by atoms with Crippen LogP contribution in [-0.2, 0) is 0 Å². The second kappa shape index (κ2) is 10.6. The van der Waals surface area contributed by atoms with Gasteiger partial charge in [-0.2, -0.15) is 0 Å². The van der Waals surface area contributed by atoms with Crippen LogP contribution in [0, 0.1) is 5.82 Å². The monoisotopic (exact) mass is 296 g/mol. The molecule has 21 heavy (non-hydrogen) atoms. The Balaban J connectivity index is 2.19. The predicted octanol–water partition coefficient (Wildman–Crippen LogP) is 5.40. The van der Waals surface area contributed by atoms with Crippen LogP contribution < -0.4 is 4.74 Å². The van der Waals surface area contributed by atoms with Gasteiger partial charge < -0.3 is 9.84 Å². The summed E-state index contributed by atoms with van der Waals surface area (Å²) in [5.74, 6) is 0.137. The zero-order valence-corrected chi connectivity index (χ0v) is 13.4. The number of hydrogen-bond acceptors (Lipinski definition) is 2. The molecule has 1 N–H and O–H groups in total. The first-order chi connectivity index (χ1) is 10.1. The Morgan fingerprint density at radius 3 is 2.29 bits per heavy atom. The summed E-state index contributed by atoms with van der Waals surface area (Å²) in [5.41, 5.74) is 0.649. The first-order valence-corrected chi connectivity index (χ1v) is 8.25. The first kappa shape index (κ1) is 18.0. The number of aliphatic hydroxyl groups excluding tert-OH is 1. The van der Waals surface area contributed by atoms with E-state index in [1.54, 1.807) is 13.0 Å². The number of benzene rings is 1. The molecule has 0 heterocycles.